The highest BCUT2D eigenvalue weighted by Gasteiger charge is 2.16. The molecule has 0 N–H and O–H groups in total. The largest absolute Gasteiger partial charge is 0.494 e. The van der Waals surface area contributed by atoms with Crippen molar-refractivity contribution in [1.29, 1.82) is 0 Å². The van der Waals surface area contributed by atoms with Gasteiger partial charge in [-0.2, -0.15) is 19.7 Å². The van der Waals surface area contributed by atoms with E-state index in [1.807, 2.05) is 92.0 Å². The number of benzene rings is 3. The fourth-order valence-corrected chi connectivity index (χ4v) is 5.50. The minimum atomic E-state index is -0.430. The molecule has 204 valence electrons. The maximum absolute atomic E-state index is 13.5. The van der Waals surface area contributed by atoms with Crippen molar-refractivity contribution in [2.75, 3.05) is 6.61 Å². The first-order valence-corrected chi connectivity index (χ1v) is 14.2. The van der Waals surface area contributed by atoms with Crippen LogP contribution in [0.3, 0.4) is 0 Å². The first-order chi connectivity index (χ1) is 20.0. The summed E-state index contributed by atoms with van der Waals surface area (Å²) in [6.07, 6.45) is 4.93. The number of fused-ring (bicyclic) bond motifs is 1. The van der Waals surface area contributed by atoms with E-state index in [-0.39, 0.29) is 16.2 Å². The molecule has 0 bridgehead atoms. The van der Waals surface area contributed by atoms with Crippen LogP contribution in [-0.2, 0) is 6.42 Å². The van der Waals surface area contributed by atoms with Crippen LogP contribution in [0.1, 0.15) is 35.7 Å². The second-order valence-electron chi connectivity index (χ2n) is 9.67. The highest BCUT2D eigenvalue weighted by molar-refractivity contribution is 7.15. The van der Waals surface area contributed by atoms with Crippen LogP contribution in [0.25, 0.3) is 28.0 Å². The van der Waals surface area contributed by atoms with Crippen molar-refractivity contribution in [1.82, 2.24) is 24.4 Å². The minimum Gasteiger partial charge on any atom is -0.494 e. The lowest BCUT2D eigenvalue weighted by Gasteiger charge is -2.09. The van der Waals surface area contributed by atoms with Gasteiger partial charge in [-0.1, -0.05) is 66.8 Å². The van der Waals surface area contributed by atoms with Gasteiger partial charge in [0.15, 0.2) is 0 Å². The summed E-state index contributed by atoms with van der Waals surface area (Å²) < 4.78 is 9.26. The lowest BCUT2D eigenvalue weighted by Crippen LogP contribution is -2.28. The van der Waals surface area contributed by atoms with Crippen LogP contribution >= 0.6 is 11.3 Å². The smallest absolute Gasteiger partial charge is 0.296 e. The summed E-state index contributed by atoms with van der Waals surface area (Å²) in [6, 6.07) is 25.3. The highest BCUT2D eigenvalue weighted by atomic mass is 32.1. The molecule has 41 heavy (non-hydrogen) atoms. The summed E-state index contributed by atoms with van der Waals surface area (Å²) in [5.74, 6) is 0.806. The zero-order valence-corrected chi connectivity index (χ0v) is 23.5. The molecule has 0 saturated carbocycles. The van der Waals surface area contributed by atoms with Crippen LogP contribution < -0.4 is 20.4 Å². The van der Waals surface area contributed by atoms with E-state index in [1.54, 1.807) is 10.8 Å². The standard InChI is InChI=1S/C32H27N5O3S/c1-3-16-40-25-14-15-26(21(2)17-25)29-23(20-36(35-29)24-12-8-5-9-13-24)19-28-31(39)37-32(41-28)33-30(38)27(34-37)18-22-10-6-4-7-11-22/h4-15,17,19-20H,3,16,18H2,1-2H3/b28-19-. The summed E-state index contributed by atoms with van der Waals surface area (Å²) >= 11 is 1.14. The van der Waals surface area contributed by atoms with Gasteiger partial charge in [0.25, 0.3) is 11.1 Å². The molecule has 0 aliphatic rings. The van der Waals surface area contributed by atoms with Crippen molar-refractivity contribution in [3.05, 3.63) is 133 Å². The monoisotopic (exact) mass is 561 g/mol. The van der Waals surface area contributed by atoms with E-state index < -0.39 is 5.56 Å². The number of hydrogen-bond acceptors (Lipinski definition) is 7. The fourth-order valence-electron chi connectivity index (χ4n) is 4.61. The van der Waals surface area contributed by atoms with Crippen molar-refractivity contribution in [2.45, 2.75) is 26.7 Å². The maximum atomic E-state index is 13.5. The van der Waals surface area contributed by atoms with Crippen molar-refractivity contribution in [3.8, 4) is 22.7 Å². The number of nitrogens with zero attached hydrogens (tertiary/aromatic N) is 5. The summed E-state index contributed by atoms with van der Waals surface area (Å²) in [4.78, 5) is 30.7. The van der Waals surface area contributed by atoms with Gasteiger partial charge in [0, 0.05) is 23.7 Å². The van der Waals surface area contributed by atoms with E-state index in [9.17, 15) is 9.59 Å². The van der Waals surface area contributed by atoms with Crippen LogP contribution in [0, 0.1) is 6.92 Å². The van der Waals surface area contributed by atoms with E-state index >= 15 is 0 Å². The number of hydrogen-bond donors (Lipinski definition) is 0. The topological polar surface area (TPSA) is 91.4 Å². The number of aromatic nitrogens is 5. The number of rotatable bonds is 8. The van der Waals surface area contributed by atoms with E-state index in [0.717, 1.165) is 57.1 Å². The summed E-state index contributed by atoms with van der Waals surface area (Å²) in [5.41, 5.74) is 4.71. The van der Waals surface area contributed by atoms with Gasteiger partial charge in [0.2, 0.25) is 4.96 Å². The van der Waals surface area contributed by atoms with Crippen molar-refractivity contribution in [3.63, 3.8) is 0 Å². The quantitative estimate of drug-likeness (QED) is 0.270. The van der Waals surface area contributed by atoms with Gasteiger partial charge in [-0.3, -0.25) is 9.59 Å². The molecule has 3 heterocycles. The van der Waals surface area contributed by atoms with Gasteiger partial charge in [-0.05, 0) is 60.9 Å². The van der Waals surface area contributed by atoms with Crippen LogP contribution in [-0.4, -0.2) is 31.0 Å². The minimum absolute atomic E-state index is 0.230. The third kappa shape index (κ3) is 5.44. The van der Waals surface area contributed by atoms with Crippen LogP contribution in [0.5, 0.6) is 5.75 Å². The van der Waals surface area contributed by atoms with E-state index in [1.165, 1.54) is 4.52 Å². The first-order valence-electron chi connectivity index (χ1n) is 13.4. The van der Waals surface area contributed by atoms with E-state index in [0.29, 0.717) is 17.6 Å². The van der Waals surface area contributed by atoms with E-state index in [4.69, 9.17) is 9.84 Å². The second-order valence-corrected chi connectivity index (χ2v) is 10.7. The number of para-hydroxylation sites is 1. The zero-order valence-electron chi connectivity index (χ0n) is 22.7. The molecule has 3 aromatic heterocycles. The number of thiazole rings is 1. The lowest BCUT2D eigenvalue weighted by molar-refractivity contribution is 0.317. The summed E-state index contributed by atoms with van der Waals surface area (Å²) in [6.45, 7) is 4.74. The van der Waals surface area contributed by atoms with Crippen LogP contribution in [0.4, 0.5) is 0 Å². The lowest BCUT2D eigenvalue weighted by atomic mass is 10.0. The molecule has 0 amide bonds. The Kier molecular flexibility index (Phi) is 7.26. The van der Waals surface area contributed by atoms with Gasteiger partial charge in [0.05, 0.1) is 16.8 Å². The first kappa shape index (κ1) is 26.3. The fraction of sp³-hybridized carbons (Fsp3) is 0.156. The number of aryl methyl sites for hydroxylation is 1. The SMILES string of the molecule is CCCOc1ccc(-c2nn(-c3ccccc3)cc2/C=c2\sc3nc(=O)c(Cc4ccccc4)nn3c2=O)c(C)c1. The van der Waals surface area contributed by atoms with Crippen molar-refractivity contribution >= 4 is 22.4 Å². The van der Waals surface area contributed by atoms with E-state index in [2.05, 4.69) is 17.0 Å². The average molecular weight is 562 g/mol. The normalized spacial score (nSPS) is 11.8. The molecular formula is C32H27N5O3S. The Labute approximate surface area is 239 Å². The molecule has 0 radical (unpaired) electrons. The Balaban J connectivity index is 1.47. The molecule has 0 atom stereocenters. The molecule has 0 saturated heterocycles. The molecule has 6 rings (SSSR count). The Morgan fingerprint density at radius 1 is 0.951 bits per heavy atom. The molecule has 3 aromatic carbocycles. The molecule has 8 nitrogen and oxygen atoms in total. The molecule has 9 heteroatoms. The molecule has 0 unspecified atom stereocenters. The zero-order chi connectivity index (χ0) is 28.3. The maximum Gasteiger partial charge on any atom is 0.296 e. The second kappa shape index (κ2) is 11.3. The Hall–Kier alpha value is -4.89. The predicted octanol–water partition coefficient (Wildman–Crippen LogP) is 4.60. The number of ether oxygens (including phenoxy) is 1. The molecule has 0 fully saturated rings. The third-order valence-electron chi connectivity index (χ3n) is 6.64. The highest BCUT2D eigenvalue weighted by Crippen LogP contribution is 2.30. The average Bonchev–Trinajstić information content (AvgIpc) is 3.53. The van der Waals surface area contributed by atoms with Gasteiger partial charge in [-0.25, -0.2) is 4.68 Å². The predicted molar refractivity (Wildman–Crippen MR) is 161 cm³/mol. The van der Waals surface area contributed by atoms with Crippen LogP contribution in [0.2, 0.25) is 0 Å². The molecule has 0 aliphatic carbocycles. The van der Waals surface area contributed by atoms with Gasteiger partial charge in [-0.15, -0.1) is 0 Å². The van der Waals surface area contributed by atoms with Crippen molar-refractivity contribution in [2.24, 2.45) is 0 Å². The Morgan fingerprint density at radius 2 is 1.71 bits per heavy atom. The van der Waals surface area contributed by atoms with Gasteiger partial charge in [0.1, 0.15) is 17.1 Å². The summed E-state index contributed by atoms with van der Waals surface area (Å²) in [5, 5.41) is 9.32. The Morgan fingerprint density at radius 3 is 2.44 bits per heavy atom. The summed E-state index contributed by atoms with van der Waals surface area (Å²) in [7, 11) is 0. The molecule has 0 aliphatic heterocycles. The molecule has 0 spiro atoms. The molecule has 6 aromatic rings. The Bertz CT molecular complexity index is 2010. The molecular weight excluding hydrogens is 534 g/mol. The van der Waals surface area contributed by atoms with Gasteiger partial charge >= 0.3 is 0 Å². The third-order valence-corrected chi connectivity index (χ3v) is 7.60. The van der Waals surface area contributed by atoms with Crippen LogP contribution in [0.15, 0.2) is 94.6 Å². The van der Waals surface area contributed by atoms with Crippen molar-refractivity contribution < 1.29 is 4.74 Å². The van der Waals surface area contributed by atoms with Gasteiger partial charge < -0.3 is 4.74 Å².